The summed E-state index contributed by atoms with van der Waals surface area (Å²) in [5.74, 6) is 0. The van der Waals surface area contributed by atoms with E-state index < -0.39 is 0 Å². The van der Waals surface area contributed by atoms with Crippen LogP contribution in [0.5, 0.6) is 0 Å². The molecule has 0 fully saturated rings. The van der Waals surface area contributed by atoms with Crippen LogP contribution in [0, 0.1) is 0 Å². The van der Waals surface area contributed by atoms with Crippen molar-refractivity contribution in [1.29, 1.82) is 0 Å². The molecule has 0 radical (unpaired) electrons. The monoisotopic (exact) mass is 475 g/mol. The maximum Gasteiger partial charge on any atom is 0.0468 e. The summed E-state index contributed by atoms with van der Waals surface area (Å²) in [6.45, 7) is 0. The molecule has 0 atom stereocenters. The standard InChI is InChI=1S/C34H21NS/c1-3-10-23(11-4-1)35(24-12-5-2-6-13-24)25-18-19-26-27-15-8-16-30-33(27)34-31(36-30)20-17-22-9-7-14-28(32(22)34)29(26)21-25/h1-21H. The molecular weight excluding hydrogens is 454 g/mol. The summed E-state index contributed by atoms with van der Waals surface area (Å²) in [5, 5.41) is 5.47. The highest BCUT2D eigenvalue weighted by atomic mass is 32.1. The number of thiophene rings is 1. The summed E-state index contributed by atoms with van der Waals surface area (Å²) in [6, 6.07) is 46.4. The Labute approximate surface area is 213 Å². The van der Waals surface area contributed by atoms with Crippen molar-refractivity contribution in [3.05, 3.63) is 127 Å². The molecule has 0 bridgehead atoms. The largest absolute Gasteiger partial charge is 0.310 e. The first-order valence-electron chi connectivity index (χ1n) is 12.3. The van der Waals surface area contributed by atoms with Gasteiger partial charge in [-0.1, -0.05) is 78.9 Å². The van der Waals surface area contributed by atoms with Gasteiger partial charge in [-0.3, -0.25) is 0 Å². The number of para-hydroxylation sites is 2. The van der Waals surface area contributed by atoms with E-state index in [2.05, 4.69) is 132 Å². The molecule has 6 aromatic carbocycles. The lowest BCUT2D eigenvalue weighted by Gasteiger charge is -2.26. The Kier molecular flexibility index (Phi) is 4.16. The first-order chi connectivity index (χ1) is 17.9. The summed E-state index contributed by atoms with van der Waals surface area (Å²) in [4.78, 5) is 2.35. The van der Waals surface area contributed by atoms with Crippen molar-refractivity contribution < 1.29 is 0 Å². The Hall–Kier alpha value is -4.40. The Morgan fingerprint density at radius 1 is 0.389 bits per heavy atom. The van der Waals surface area contributed by atoms with Gasteiger partial charge in [-0.05, 0) is 81.6 Å². The lowest BCUT2D eigenvalue weighted by Crippen LogP contribution is -2.09. The number of benzene rings is 6. The number of anilines is 3. The predicted octanol–water partition coefficient (Wildman–Crippen LogP) is 10.3. The van der Waals surface area contributed by atoms with E-state index in [0.29, 0.717) is 0 Å². The van der Waals surface area contributed by atoms with E-state index in [4.69, 9.17) is 0 Å². The highest BCUT2D eigenvalue weighted by Crippen LogP contribution is 2.51. The molecule has 0 amide bonds. The van der Waals surface area contributed by atoms with Gasteiger partial charge in [0, 0.05) is 37.2 Å². The van der Waals surface area contributed by atoms with E-state index >= 15 is 0 Å². The van der Waals surface area contributed by atoms with Crippen LogP contribution in [0.1, 0.15) is 0 Å². The highest BCUT2D eigenvalue weighted by molar-refractivity contribution is 7.26. The van der Waals surface area contributed by atoms with Crippen LogP contribution >= 0.6 is 11.3 Å². The van der Waals surface area contributed by atoms with Gasteiger partial charge in [0.15, 0.2) is 0 Å². The zero-order valence-corrected chi connectivity index (χ0v) is 20.3. The Balaban J connectivity index is 1.48. The molecule has 1 nitrogen and oxygen atoms in total. The Bertz CT molecular complexity index is 1890. The maximum absolute atomic E-state index is 2.39. The van der Waals surface area contributed by atoms with Crippen LogP contribution in [0.2, 0.25) is 0 Å². The second-order valence-corrected chi connectivity index (χ2v) is 10.4. The second-order valence-electron chi connectivity index (χ2n) is 9.36. The van der Waals surface area contributed by atoms with E-state index in [1.807, 2.05) is 11.3 Å². The Morgan fingerprint density at radius 3 is 1.81 bits per heavy atom. The number of rotatable bonds is 3. The average Bonchev–Trinajstić information content (AvgIpc) is 3.27. The van der Waals surface area contributed by atoms with Gasteiger partial charge in [0.1, 0.15) is 0 Å². The molecule has 7 aromatic rings. The van der Waals surface area contributed by atoms with Gasteiger partial charge in [-0.25, -0.2) is 0 Å². The molecule has 0 saturated carbocycles. The van der Waals surface area contributed by atoms with Crippen molar-refractivity contribution in [3.8, 4) is 22.3 Å². The second kappa shape index (κ2) is 7.55. The number of fused-ring (bicyclic) bond motifs is 3. The minimum Gasteiger partial charge on any atom is -0.310 e. The van der Waals surface area contributed by atoms with E-state index in [1.165, 1.54) is 53.2 Å². The van der Waals surface area contributed by atoms with Crippen molar-refractivity contribution in [2.45, 2.75) is 0 Å². The molecule has 1 aliphatic rings. The third kappa shape index (κ3) is 2.76. The third-order valence-corrected chi connectivity index (χ3v) is 8.49. The average molecular weight is 476 g/mol. The van der Waals surface area contributed by atoms with Crippen LogP contribution in [0.25, 0.3) is 53.2 Å². The van der Waals surface area contributed by atoms with Gasteiger partial charge in [0.25, 0.3) is 0 Å². The molecule has 0 saturated heterocycles. The lowest BCUT2D eigenvalue weighted by atomic mass is 9.93. The number of nitrogens with zero attached hydrogens (tertiary/aromatic N) is 1. The summed E-state index contributed by atoms with van der Waals surface area (Å²) in [5.41, 5.74) is 8.69. The van der Waals surface area contributed by atoms with Crippen LogP contribution in [-0.2, 0) is 0 Å². The summed E-state index contributed by atoms with van der Waals surface area (Å²) < 4.78 is 2.72. The normalized spacial score (nSPS) is 11.9. The topological polar surface area (TPSA) is 3.24 Å². The fraction of sp³-hybridized carbons (Fsp3) is 0. The first-order valence-corrected chi connectivity index (χ1v) is 13.1. The van der Waals surface area contributed by atoms with E-state index in [9.17, 15) is 0 Å². The number of hydrogen-bond acceptors (Lipinski definition) is 2. The molecule has 1 aliphatic carbocycles. The van der Waals surface area contributed by atoms with E-state index in [-0.39, 0.29) is 0 Å². The fourth-order valence-electron chi connectivity index (χ4n) is 5.87. The van der Waals surface area contributed by atoms with Gasteiger partial charge >= 0.3 is 0 Å². The van der Waals surface area contributed by atoms with Gasteiger partial charge in [0.2, 0.25) is 0 Å². The molecule has 0 N–H and O–H groups in total. The van der Waals surface area contributed by atoms with Gasteiger partial charge in [-0.2, -0.15) is 0 Å². The smallest absolute Gasteiger partial charge is 0.0468 e. The molecule has 168 valence electrons. The molecule has 0 aliphatic heterocycles. The molecular formula is C34H21NS. The predicted molar refractivity (Wildman–Crippen MR) is 156 cm³/mol. The molecule has 1 aromatic heterocycles. The molecule has 0 unspecified atom stereocenters. The summed E-state index contributed by atoms with van der Waals surface area (Å²) in [7, 11) is 0. The zero-order chi connectivity index (χ0) is 23.6. The summed E-state index contributed by atoms with van der Waals surface area (Å²) in [6.07, 6.45) is 0. The highest BCUT2D eigenvalue weighted by Gasteiger charge is 2.23. The summed E-state index contributed by atoms with van der Waals surface area (Å²) >= 11 is 1.90. The van der Waals surface area contributed by atoms with Crippen LogP contribution in [0.3, 0.4) is 0 Å². The minimum atomic E-state index is 1.15. The number of hydrogen-bond donors (Lipinski definition) is 0. The van der Waals surface area contributed by atoms with Gasteiger partial charge in [0.05, 0.1) is 0 Å². The third-order valence-electron chi connectivity index (χ3n) is 7.37. The van der Waals surface area contributed by atoms with Crippen molar-refractivity contribution in [1.82, 2.24) is 0 Å². The SMILES string of the molecule is c1ccc(N(c2ccccc2)c2ccc3c(c2)-c2cccc4ccc5sc6cccc-3c6c5c24)cc1. The van der Waals surface area contributed by atoms with E-state index in [1.54, 1.807) is 0 Å². The van der Waals surface area contributed by atoms with Crippen LogP contribution in [-0.4, -0.2) is 0 Å². The molecule has 2 heteroatoms. The zero-order valence-electron chi connectivity index (χ0n) is 19.5. The van der Waals surface area contributed by atoms with E-state index in [0.717, 1.165) is 17.1 Å². The Morgan fingerprint density at radius 2 is 1.06 bits per heavy atom. The van der Waals surface area contributed by atoms with Crippen molar-refractivity contribution in [2.24, 2.45) is 0 Å². The fourth-order valence-corrected chi connectivity index (χ4v) is 7.00. The minimum absolute atomic E-state index is 1.15. The van der Waals surface area contributed by atoms with Crippen LogP contribution in [0.15, 0.2) is 127 Å². The maximum atomic E-state index is 2.39. The van der Waals surface area contributed by atoms with Crippen LogP contribution < -0.4 is 4.90 Å². The first kappa shape index (κ1) is 19.9. The molecule has 1 heterocycles. The van der Waals surface area contributed by atoms with Crippen LogP contribution in [0.4, 0.5) is 17.1 Å². The van der Waals surface area contributed by atoms with Gasteiger partial charge < -0.3 is 4.90 Å². The molecule has 8 rings (SSSR count). The van der Waals surface area contributed by atoms with Gasteiger partial charge in [-0.15, -0.1) is 11.3 Å². The molecule has 0 spiro atoms. The lowest BCUT2D eigenvalue weighted by molar-refractivity contribution is 1.28. The van der Waals surface area contributed by atoms with Crippen molar-refractivity contribution in [2.75, 3.05) is 4.90 Å². The van der Waals surface area contributed by atoms with Crippen molar-refractivity contribution >= 4 is 59.3 Å². The van der Waals surface area contributed by atoms with Crippen molar-refractivity contribution in [3.63, 3.8) is 0 Å². The quantitative estimate of drug-likeness (QED) is 0.246. The molecule has 36 heavy (non-hydrogen) atoms.